The summed E-state index contributed by atoms with van der Waals surface area (Å²) in [6, 6.07) is 51.2. The number of carbonyl (C=O) groups is 2. The molecular weight excluding hydrogens is 552 g/mol. The van der Waals surface area contributed by atoms with Crippen molar-refractivity contribution in [3.8, 4) is 0 Å². The minimum atomic E-state index is -1.44. The Balaban J connectivity index is 1.44. The highest BCUT2D eigenvalue weighted by molar-refractivity contribution is 6.41. The summed E-state index contributed by atoms with van der Waals surface area (Å²) in [6.07, 6.45) is 0. The lowest BCUT2D eigenvalue weighted by molar-refractivity contribution is -0.121. The molecule has 8 rings (SSSR count). The summed E-state index contributed by atoms with van der Waals surface area (Å²) in [5, 5.41) is 2.13. The summed E-state index contributed by atoms with van der Waals surface area (Å²) >= 11 is 0. The van der Waals surface area contributed by atoms with E-state index in [-0.39, 0.29) is 11.7 Å². The van der Waals surface area contributed by atoms with E-state index in [1.807, 2.05) is 138 Å². The van der Waals surface area contributed by atoms with E-state index in [9.17, 15) is 4.79 Å². The molecule has 0 bridgehead atoms. The smallest absolute Gasteiger partial charge is 0.264 e. The highest BCUT2D eigenvalue weighted by atomic mass is 16.2. The van der Waals surface area contributed by atoms with E-state index in [1.165, 1.54) is 0 Å². The number of Topliss-reactive ketones (excluding diaryl/α,β-unsaturated/α-hetero) is 1. The molecule has 1 amide bonds. The average Bonchev–Trinajstić information content (AvgIpc) is 3.58. The Bertz CT molecular complexity index is 2170. The van der Waals surface area contributed by atoms with Crippen molar-refractivity contribution in [2.75, 3.05) is 4.90 Å². The summed E-state index contributed by atoms with van der Waals surface area (Å²) < 4.78 is 0. The Morgan fingerprint density at radius 2 is 1.24 bits per heavy atom. The summed E-state index contributed by atoms with van der Waals surface area (Å²) in [5.41, 5.74) is 4.89. The third-order valence-corrected chi connectivity index (χ3v) is 8.80. The molecule has 214 valence electrons. The molecule has 0 aliphatic carbocycles. The number of aliphatic imine (C=N–C) groups is 1. The van der Waals surface area contributed by atoms with E-state index in [2.05, 4.69) is 24.3 Å². The molecule has 6 aromatic carbocycles. The van der Waals surface area contributed by atoms with Crippen LogP contribution in [-0.2, 0) is 16.9 Å². The van der Waals surface area contributed by atoms with E-state index >= 15 is 4.79 Å². The first kappa shape index (κ1) is 26.7. The van der Waals surface area contributed by atoms with E-state index in [4.69, 9.17) is 4.99 Å². The number of nitrogens with zero attached hydrogens (tertiary/aromatic N) is 2. The Morgan fingerprint density at radius 1 is 0.622 bits per heavy atom. The molecule has 45 heavy (non-hydrogen) atoms. The van der Waals surface area contributed by atoms with Crippen LogP contribution >= 0.6 is 0 Å². The molecule has 0 fully saturated rings. The van der Waals surface area contributed by atoms with Crippen molar-refractivity contribution < 1.29 is 9.59 Å². The fourth-order valence-electron chi connectivity index (χ4n) is 6.74. The van der Waals surface area contributed by atoms with Gasteiger partial charge in [0.2, 0.25) is 0 Å². The summed E-state index contributed by atoms with van der Waals surface area (Å²) in [4.78, 5) is 37.1. The molecule has 1 atom stereocenters. The van der Waals surface area contributed by atoms with Crippen LogP contribution in [0.15, 0.2) is 168 Å². The van der Waals surface area contributed by atoms with Gasteiger partial charge in [0.25, 0.3) is 5.91 Å². The van der Waals surface area contributed by atoms with Crippen LogP contribution in [0.5, 0.6) is 0 Å². The Morgan fingerprint density at radius 3 is 2.00 bits per heavy atom. The quantitative estimate of drug-likeness (QED) is 0.186. The molecule has 0 saturated carbocycles. The topological polar surface area (TPSA) is 49.7 Å². The molecule has 0 radical (unpaired) electrons. The standard InChI is InChI=1S/C41H28N2O2/c44-39(31-19-8-3-9-20-31)36-37(30-17-6-2-7-18-30)41(42-38(36)33-25-24-29-16-10-11-21-32(29)26-33)34-22-12-13-23-35(34)43(40(41)45)27-28-14-4-1-5-15-28/h1-26H,27H2/t41-/m1/s1. The Labute approximate surface area is 261 Å². The van der Waals surface area contributed by atoms with Gasteiger partial charge in [-0.15, -0.1) is 0 Å². The monoisotopic (exact) mass is 580 g/mol. The largest absolute Gasteiger partial charge is 0.305 e. The second-order valence-corrected chi connectivity index (χ2v) is 11.4. The third kappa shape index (κ3) is 4.26. The Kier molecular flexibility index (Phi) is 6.35. The number of anilines is 1. The maximum Gasteiger partial charge on any atom is 0.264 e. The van der Waals surface area contributed by atoms with Gasteiger partial charge in [-0.2, -0.15) is 0 Å². The zero-order valence-electron chi connectivity index (χ0n) is 24.4. The molecule has 1 spiro atoms. The molecule has 2 heterocycles. The maximum absolute atomic E-state index is 15.1. The van der Waals surface area contributed by atoms with Crippen molar-refractivity contribution in [3.05, 3.63) is 191 Å². The lowest BCUT2D eigenvalue weighted by atomic mass is 9.78. The first-order valence-electron chi connectivity index (χ1n) is 15.1. The number of para-hydroxylation sites is 1. The minimum Gasteiger partial charge on any atom is -0.305 e. The summed E-state index contributed by atoms with van der Waals surface area (Å²) in [5.74, 6) is -0.328. The zero-order valence-corrected chi connectivity index (χ0v) is 24.4. The third-order valence-electron chi connectivity index (χ3n) is 8.80. The fourth-order valence-corrected chi connectivity index (χ4v) is 6.74. The van der Waals surface area contributed by atoms with E-state index in [0.717, 1.165) is 38.7 Å². The van der Waals surface area contributed by atoms with Gasteiger partial charge in [-0.1, -0.05) is 146 Å². The Hall–Kier alpha value is -5.87. The van der Waals surface area contributed by atoms with Crippen LogP contribution in [0.4, 0.5) is 5.69 Å². The highest BCUT2D eigenvalue weighted by Gasteiger charge is 2.58. The van der Waals surface area contributed by atoms with Crippen molar-refractivity contribution in [2.45, 2.75) is 12.1 Å². The molecule has 0 aromatic heterocycles. The van der Waals surface area contributed by atoms with Crippen LogP contribution in [0, 0.1) is 0 Å². The van der Waals surface area contributed by atoms with Crippen LogP contribution in [0.25, 0.3) is 16.3 Å². The van der Waals surface area contributed by atoms with Crippen molar-refractivity contribution >= 4 is 39.4 Å². The van der Waals surface area contributed by atoms with Crippen molar-refractivity contribution in [2.24, 2.45) is 4.99 Å². The van der Waals surface area contributed by atoms with Crippen LogP contribution in [0.1, 0.15) is 32.6 Å². The molecule has 4 heteroatoms. The fraction of sp³-hybridized carbons (Fsp3) is 0.0488. The van der Waals surface area contributed by atoms with Gasteiger partial charge in [0, 0.05) is 22.3 Å². The van der Waals surface area contributed by atoms with Gasteiger partial charge in [0.05, 0.1) is 23.5 Å². The number of rotatable bonds is 6. The van der Waals surface area contributed by atoms with Crippen LogP contribution in [0.2, 0.25) is 0 Å². The van der Waals surface area contributed by atoms with Crippen molar-refractivity contribution in [3.63, 3.8) is 0 Å². The molecule has 0 unspecified atom stereocenters. The van der Waals surface area contributed by atoms with Gasteiger partial charge < -0.3 is 4.90 Å². The predicted molar refractivity (Wildman–Crippen MR) is 180 cm³/mol. The molecule has 6 aromatic rings. The number of carbonyl (C=O) groups excluding carboxylic acids is 2. The number of hydrogen-bond acceptors (Lipinski definition) is 3. The van der Waals surface area contributed by atoms with Gasteiger partial charge in [-0.05, 0) is 34.0 Å². The van der Waals surface area contributed by atoms with Crippen LogP contribution in [-0.4, -0.2) is 17.4 Å². The van der Waals surface area contributed by atoms with Crippen molar-refractivity contribution in [1.82, 2.24) is 0 Å². The number of fused-ring (bicyclic) bond motifs is 3. The van der Waals surface area contributed by atoms with Gasteiger partial charge in [0.15, 0.2) is 11.3 Å². The first-order valence-corrected chi connectivity index (χ1v) is 15.1. The predicted octanol–water partition coefficient (Wildman–Crippen LogP) is 8.42. The molecule has 2 aliphatic rings. The first-order chi connectivity index (χ1) is 22.1. The van der Waals surface area contributed by atoms with Crippen molar-refractivity contribution in [1.29, 1.82) is 0 Å². The van der Waals surface area contributed by atoms with Gasteiger partial charge in [0.1, 0.15) is 0 Å². The number of benzene rings is 6. The molecule has 0 N–H and O–H groups in total. The number of hydrogen-bond donors (Lipinski definition) is 0. The second kappa shape index (κ2) is 10.7. The number of amides is 1. The van der Waals surface area contributed by atoms with Gasteiger partial charge in [-0.3, -0.25) is 14.6 Å². The zero-order chi connectivity index (χ0) is 30.4. The van der Waals surface area contributed by atoms with Gasteiger partial charge >= 0.3 is 0 Å². The van der Waals surface area contributed by atoms with Crippen LogP contribution in [0.3, 0.4) is 0 Å². The SMILES string of the molecule is O=C(C1=C(c2ccccc2)[C@@]2(N=C1c1ccc3ccccc3c1)C(=O)N(Cc1ccccc1)c1ccccc12)c1ccccc1. The molecule has 2 aliphatic heterocycles. The van der Waals surface area contributed by atoms with E-state index in [0.29, 0.717) is 29.0 Å². The van der Waals surface area contributed by atoms with Gasteiger partial charge in [-0.25, -0.2) is 0 Å². The molecular formula is C41H28N2O2. The lowest BCUT2D eigenvalue weighted by Gasteiger charge is -2.26. The minimum absolute atomic E-state index is 0.162. The second-order valence-electron chi connectivity index (χ2n) is 11.4. The maximum atomic E-state index is 15.1. The lowest BCUT2D eigenvalue weighted by Crippen LogP contribution is -2.39. The number of ketones is 1. The van der Waals surface area contributed by atoms with E-state index < -0.39 is 5.54 Å². The average molecular weight is 581 g/mol. The van der Waals surface area contributed by atoms with E-state index in [1.54, 1.807) is 0 Å². The molecule has 4 nitrogen and oxygen atoms in total. The van der Waals surface area contributed by atoms with Crippen LogP contribution < -0.4 is 4.90 Å². The number of allylic oxidation sites excluding steroid dienone is 1. The molecule has 0 saturated heterocycles. The highest BCUT2D eigenvalue weighted by Crippen LogP contribution is 2.56. The summed E-state index contributed by atoms with van der Waals surface area (Å²) in [6.45, 7) is 0.392. The normalized spacial score (nSPS) is 17.2. The summed E-state index contributed by atoms with van der Waals surface area (Å²) in [7, 11) is 0.